The number of rotatable bonds is 4. The Hall–Kier alpha value is -3.58. The number of hydrogen-bond donors (Lipinski definition) is 1. The molecule has 28 heavy (non-hydrogen) atoms. The van der Waals surface area contributed by atoms with E-state index in [4.69, 9.17) is 9.52 Å². The first-order valence-electron chi connectivity index (χ1n) is 8.29. The van der Waals surface area contributed by atoms with Gasteiger partial charge < -0.3 is 9.52 Å². The number of anilines is 1. The highest BCUT2D eigenvalue weighted by Gasteiger charge is 2.36. The number of carboxylic acids is 1. The molecule has 2 aromatic carbocycles. The van der Waals surface area contributed by atoms with Gasteiger partial charge in [-0.15, -0.1) is 0 Å². The zero-order chi connectivity index (χ0) is 19.7. The normalized spacial score (nSPS) is 15.4. The summed E-state index contributed by atoms with van der Waals surface area (Å²) >= 11 is 0.844. The summed E-state index contributed by atoms with van der Waals surface area (Å²) in [5, 5.41) is 8.74. The number of thioether (sulfide) groups is 1. The Kier molecular flexibility index (Phi) is 4.58. The third-order valence-electron chi connectivity index (χ3n) is 4.10. The molecule has 7 heteroatoms. The van der Waals surface area contributed by atoms with Gasteiger partial charge in [0.05, 0.1) is 16.2 Å². The van der Waals surface area contributed by atoms with Crippen molar-refractivity contribution in [3.8, 4) is 11.3 Å². The molecule has 1 N–H and O–H groups in total. The monoisotopic (exact) mass is 391 g/mol. The maximum absolute atomic E-state index is 12.6. The average molecular weight is 391 g/mol. The lowest BCUT2D eigenvalue weighted by Crippen LogP contribution is -2.27. The Morgan fingerprint density at radius 3 is 2.54 bits per heavy atom. The first-order valence-corrected chi connectivity index (χ1v) is 9.11. The van der Waals surface area contributed by atoms with Gasteiger partial charge in [0.1, 0.15) is 11.5 Å². The van der Waals surface area contributed by atoms with Crippen LogP contribution in [0.3, 0.4) is 0 Å². The zero-order valence-electron chi connectivity index (χ0n) is 14.4. The maximum Gasteiger partial charge on any atom is 0.335 e. The predicted octanol–water partition coefficient (Wildman–Crippen LogP) is 4.89. The van der Waals surface area contributed by atoms with Crippen molar-refractivity contribution in [2.75, 3.05) is 4.90 Å². The molecule has 6 nitrogen and oxygen atoms in total. The molecular weight excluding hydrogens is 378 g/mol. The second kappa shape index (κ2) is 7.21. The molecule has 138 valence electrons. The Labute approximate surface area is 164 Å². The standard InChI is InChI=1S/C21H13NO5S/c23-19-18(28-21(26)22(19)15-7-2-1-3-8-15)12-16-9-10-17(27-16)13-5-4-6-14(11-13)20(24)25/h1-12H,(H,24,25)/b18-12-. The lowest BCUT2D eigenvalue weighted by molar-refractivity contribution is -0.113. The van der Waals surface area contributed by atoms with Crippen LogP contribution in [-0.2, 0) is 4.79 Å². The van der Waals surface area contributed by atoms with E-state index in [0.29, 0.717) is 22.8 Å². The summed E-state index contributed by atoms with van der Waals surface area (Å²) in [6.07, 6.45) is 1.51. The molecule has 1 saturated heterocycles. The quantitative estimate of drug-likeness (QED) is 0.638. The van der Waals surface area contributed by atoms with Gasteiger partial charge >= 0.3 is 5.97 Å². The summed E-state index contributed by atoms with van der Waals surface area (Å²) in [5.74, 6) is -0.568. The predicted molar refractivity (Wildman–Crippen MR) is 106 cm³/mol. The molecule has 0 unspecified atom stereocenters. The zero-order valence-corrected chi connectivity index (χ0v) is 15.2. The molecule has 0 atom stereocenters. The second-order valence-electron chi connectivity index (χ2n) is 5.94. The van der Waals surface area contributed by atoms with Crippen LogP contribution in [0.25, 0.3) is 17.4 Å². The van der Waals surface area contributed by atoms with Gasteiger partial charge in [-0.05, 0) is 48.2 Å². The van der Waals surface area contributed by atoms with Crippen LogP contribution in [0.4, 0.5) is 10.5 Å². The summed E-state index contributed by atoms with van der Waals surface area (Å²) in [7, 11) is 0. The van der Waals surface area contributed by atoms with Crippen LogP contribution in [0.2, 0.25) is 0 Å². The van der Waals surface area contributed by atoms with Crippen molar-refractivity contribution in [1.82, 2.24) is 0 Å². The number of furan rings is 1. The third-order valence-corrected chi connectivity index (χ3v) is 4.97. The maximum atomic E-state index is 12.6. The molecule has 2 amide bonds. The fraction of sp³-hybridized carbons (Fsp3) is 0. The number of carboxylic acid groups (broad SMARTS) is 1. The number of benzene rings is 2. The number of aromatic carboxylic acids is 1. The number of nitrogens with zero attached hydrogens (tertiary/aromatic N) is 1. The van der Waals surface area contributed by atoms with Crippen molar-refractivity contribution in [3.05, 3.63) is 83.0 Å². The van der Waals surface area contributed by atoms with Crippen molar-refractivity contribution in [3.63, 3.8) is 0 Å². The summed E-state index contributed by atoms with van der Waals surface area (Å²) in [6, 6.07) is 18.4. The Bertz CT molecular complexity index is 1120. The van der Waals surface area contributed by atoms with E-state index in [1.165, 1.54) is 18.2 Å². The van der Waals surface area contributed by atoms with Gasteiger partial charge in [0.2, 0.25) is 0 Å². The minimum Gasteiger partial charge on any atom is -0.478 e. The first-order chi connectivity index (χ1) is 13.5. The molecule has 0 spiro atoms. The fourth-order valence-corrected chi connectivity index (χ4v) is 3.61. The van der Waals surface area contributed by atoms with E-state index in [0.717, 1.165) is 16.7 Å². The van der Waals surface area contributed by atoms with Crippen LogP contribution in [-0.4, -0.2) is 22.2 Å². The first kappa shape index (κ1) is 17.8. The number of amides is 2. The molecule has 4 rings (SSSR count). The number of imide groups is 1. The molecule has 0 aliphatic carbocycles. The van der Waals surface area contributed by atoms with E-state index < -0.39 is 11.9 Å². The van der Waals surface area contributed by atoms with Crippen molar-refractivity contribution in [2.24, 2.45) is 0 Å². The van der Waals surface area contributed by atoms with Gasteiger partial charge in [0.15, 0.2) is 0 Å². The lowest BCUT2D eigenvalue weighted by Gasteiger charge is -2.11. The SMILES string of the molecule is O=C(O)c1cccc(-c2ccc(/C=C3\SC(=O)N(c4ccccc4)C3=O)o2)c1. The Morgan fingerprint density at radius 2 is 1.79 bits per heavy atom. The van der Waals surface area contributed by atoms with Crippen molar-refractivity contribution in [1.29, 1.82) is 0 Å². The highest BCUT2D eigenvalue weighted by Crippen LogP contribution is 2.36. The second-order valence-corrected chi connectivity index (χ2v) is 6.93. The molecule has 1 aliphatic rings. The van der Waals surface area contributed by atoms with Crippen molar-refractivity contribution >= 4 is 40.6 Å². The van der Waals surface area contributed by atoms with Crippen molar-refractivity contribution < 1.29 is 23.9 Å². The largest absolute Gasteiger partial charge is 0.478 e. The molecule has 1 aliphatic heterocycles. The van der Waals surface area contributed by atoms with Gasteiger partial charge in [-0.3, -0.25) is 9.59 Å². The van der Waals surface area contributed by atoms with Crippen LogP contribution in [0.15, 0.2) is 76.1 Å². The van der Waals surface area contributed by atoms with Crippen LogP contribution < -0.4 is 4.90 Å². The lowest BCUT2D eigenvalue weighted by atomic mass is 10.1. The minimum atomic E-state index is -1.02. The van der Waals surface area contributed by atoms with Crippen LogP contribution in [0, 0.1) is 0 Å². The van der Waals surface area contributed by atoms with E-state index in [9.17, 15) is 14.4 Å². The summed E-state index contributed by atoms with van der Waals surface area (Å²) in [6.45, 7) is 0. The average Bonchev–Trinajstić information content (AvgIpc) is 3.27. The van der Waals surface area contributed by atoms with E-state index in [-0.39, 0.29) is 15.7 Å². The van der Waals surface area contributed by atoms with E-state index in [1.807, 2.05) is 6.07 Å². The van der Waals surface area contributed by atoms with E-state index in [2.05, 4.69) is 0 Å². The van der Waals surface area contributed by atoms with Gasteiger partial charge in [0.25, 0.3) is 11.1 Å². The number of carbonyl (C=O) groups is 3. The number of carbonyl (C=O) groups excluding carboxylic acids is 2. The molecule has 0 radical (unpaired) electrons. The van der Waals surface area contributed by atoms with Crippen LogP contribution in [0.1, 0.15) is 16.1 Å². The van der Waals surface area contributed by atoms with Gasteiger partial charge in [-0.1, -0.05) is 30.3 Å². The van der Waals surface area contributed by atoms with Crippen molar-refractivity contribution in [2.45, 2.75) is 0 Å². The van der Waals surface area contributed by atoms with Gasteiger partial charge in [0, 0.05) is 11.6 Å². The minimum absolute atomic E-state index is 0.152. The van der Waals surface area contributed by atoms with Crippen LogP contribution in [0.5, 0.6) is 0 Å². The molecule has 2 heterocycles. The molecule has 3 aromatic rings. The van der Waals surface area contributed by atoms with Crippen LogP contribution >= 0.6 is 11.8 Å². The summed E-state index contributed by atoms with van der Waals surface area (Å²) < 4.78 is 5.73. The smallest absolute Gasteiger partial charge is 0.335 e. The summed E-state index contributed by atoms with van der Waals surface area (Å²) in [5.41, 5.74) is 1.27. The topological polar surface area (TPSA) is 87.8 Å². The Balaban J connectivity index is 1.61. The Morgan fingerprint density at radius 1 is 1.00 bits per heavy atom. The fourth-order valence-electron chi connectivity index (χ4n) is 2.79. The highest BCUT2D eigenvalue weighted by atomic mass is 32.2. The molecule has 1 fully saturated rings. The van der Waals surface area contributed by atoms with E-state index >= 15 is 0 Å². The number of para-hydroxylation sites is 1. The number of hydrogen-bond acceptors (Lipinski definition) is 5. The molecular formula is C21H13NO5S. The molecule has 0 saturated carbocycles. The third kappa shape index (κ3) is 3.35. The van der Waals surface area contributed by atoms with Gasteiger partial charge in [-0.2, -0.15) is 0 Å². The van der Waals surface area contributed by atoms with Gasteiger partial charge in [-0.25, -0.2) is 9.69 Å². The highest BCUT2D eigenvalue weighted by molar-refractivity contribution is 8.19. The summed E-state index contributed by atoms with van der Waals surface area (Å²) in [4.78, 5) is 37.4. The molecule has 1 aromatic heterocycles. The van der Waals surface area contributed by atoms with E-state index in [1.54, 1.807) is 48.5 Å². The molecule has 0 bridgehead atoms.